The molecular formula is C20H29NO. The lowest BCUT2D eigenvalue weighted by molar-refractivity contribution is 0.0224. The van der Waals surface area contributed by atoms with Crippen LogP contribution in [-0.4, -0.2) is 11.1 Å². The number of phenols is 1. The van der Waals surface area contributed by atoms with Crippen molar-refractivity contribution in [3.63, 3.8) is 0 Å². The zero-order chi connectivity index (χ0) is 15.5. The van der Waals surface area contributed by atoms with Crippen molar-refractivity contribution < 1.29 is 5.11 Å². The summed E-state index contributed by atoms with van der Waals surface area (Å²) in [6, 6.07) is 6.41. The molecule has 3 aliphatic carbocycles. The first kappa shape index (κ1) is 14.6. The third kappa shape index (κ3) is 1.96. The average Bonchev–Trinajstić information content (AvgIpc) is 2.84. The summed E-state index contributed by atoms with van der Waals surface area (Å²) in [5, 5.41) is 9.76. The van der Waals surface area contributed by atoms with Gasteiger partial charge in [0.15, 0.2) is 0 Å². The lowest BCUT2D eigenvalue weighted by atomic mass is 9.53. The van der Waals surface area contributed by atoms with Crippen LogP contribution in [0, 0.1) is 23.2 Å². The van der Waals surface area contributed by atoms with Gasteiger partial charge in [-0.2, -0.15) is 0 Å². The Morgan fingerprint density at radius 1 is 1.23 bits per heavy atom. The average molecular weight is 299 g/mol. The molecule has 2 fully saturated rings. The van der Waals surface area contributed by atoms with Crippen LogP contribution in [0.25, 0.3) is 0 Å². The Kier molecular flexibility index (Phi) is 3.30. The van der Waals surface area contributed by atoms with E-state index in [0.29, 0.717) is 29.0 Å². The normalized spacial score (nSPS) is 41.4. The van der Waals surface area contributed by atoms with E-state index in [4.69, 9.17) is 5.73 Å². The molecule has 1 aromatic rings. The Balaban J connectivity index is 1.67. The summed E-state index contributed by atoms with van der Waals surface area (Å²) in [6.45, 7) is 4.74. The highest BCUT2D eigenvalue weighted by Crippen LogP contribution is 2.63. The van der Waals surface area contributed by atoms with Gasteiger partial charge in [0.2, 0.25) is 0 Å². The van der Waals surface area contributed by atoms with E-state index in [9.17, 15) is 5.11 Å². The zero-order valence-corrected chi connectivity index (χ0v) is 13.9. The maximum atomic E-state index is 9.76. The molecule has 0 heterocycles. The Bertz CT molecular complexity index is 581. The molecular weight excluding hydrogens is 270 g/mol. The van der Waals surface area contributed by atoms with Gasteiger partial charge in [-0.05, 0) is 97.8 Å². The molecule has 6 atom stereocenters. The van der Waals surface area contributed by atoms with Gasteiger partial charge < -0.3 is 10.8 Å². The third-order valence-electron chi connectivity index (χ3n) is 7.42. The Morgan fingerprint density at radius 3 is 2.82 bits per heavy atom. The second-order valence-corrected chi connectivity index (χ2v) is 8.39. The molecule has 3 N–H and O–H groups in total. The minimum atomic E-state index is 0.333. The van der Waals surface area contributed by atoms with Crippen LogP contribution in [0.4, 0.5) is 0 Å². The van der Waals surface area contributed by atoms with Gasteiger partial charge in [-0.15, -0.1) is 0 Å². The topological polar surface area (TPSA) is 46.2 Å². The molecule has 0 aliphatic heterocycles. The van der Waals surface area contributed by atoms with E-state index in [1.165, 1.54) is 43.2 Å². The molecule has 22 heavy (non-hydrogen) atoms. The van der Waals surface area contributed by atoms with Gasteiger partial charge in [-0.1, -0.05) is 13.0 Å². The van der Waals surface area contributed by atoms with Crippen LogP contribution in [-0.2, 0) is 6.42 Å². The second-order valence-electron chi connectivity index (χ2n) is 8.39. The zero-order valence-electron chi connectivity index (χ0n) is 13.9. The van der Waals surface area contributed by atoms with E-state index in [1.807, 2.05) is 12.1 Å². The number of nitrogens with two attached hydrogens (primary N) is 1. The largest absolute Gasteiger partial charge is 0.508 e. The summed E-state index contributed by atoms with van der Waals surface area (Å²) in [6.07, 6.45) is 7.76. The van der Waals surface area contributed by atoms with Crippen molar-refractivity contribution in [2.45, 2.75) is 64.3 Å². The van der Waals surface area contributed by atoms with Crippen LogP contribution < -0.4 is 5.73 Å². The first-order chi connectivity index (χ1) is 10.5. The highest BCUT2D eigenvalue weighted by molar-refractivity contribution is 5.40. The van der Waals surface area contributed by atoms with E-state index >= 15 is 0 Å². The molecule has 2 saturated carbocycles. The van der Waals surface area contributed by atoms with Crippen molar-refractivity contribution in [1.82, 2.24) is 0 Å². The lowest BCUT2D eigenvalue weighted by Crippen LogP contribution is -2.46. The van der Waals surface area contributed by atoms with Crippen molar-refractivity contribution >= 4 is 0 Å². The summed E-state index contributed by atoms with van der Waals surface area (Å²) in [5.41, 5.74) is 9.71. The molecule has 0 radical (unpaired) electrons. The molecule has 2 nitrogen and oxygen atoms in total. The molecule has 0 aromatic heterocycles. The van der Waals surface area contributed by atoms with E-state index in [0.717, 1.165) is 18.3 Å². The molecule has 0 spiro atoms. The van der Waals surface area contributed by atoms with Crippen LogP contribution in [0.2, 0.25) is 0 Å². The molecule has 3 aliphatic rings. The molecule has 0 amide bonds. The molecule has 0 unspecified atom stereocenters. The smallest absolute Gasteiger partial charge is 0.115 e. The lowest BCUT2D eigenvalue weighted by Gasteiger charge is -2.51. The number of benzene rings is 1. The third-order valence-corrected chi connectivity index (χ3v) is 7.42. The van der Waals surface area contributed by atoms with E-state index in [-0.39, 0.29) is 0 Å². The molecule has 0 bridgehead atoms. The molecule has 0 saturated heterocycles. The predicted octanol–water partition coefficient (Wildman–Crippen LogP) is 4.21. The number of fused-ring (bicyclic) bond motifs is 5. The minimum absolute atomic E-state index is 0.333. The van der Waals surface area contributed by atoms with Crippen molar-refractivity contribution in [2.24, 2.45) is 28.9 Å². The van der Waals surface area contributed by atoms with Gasteiger partial charge in [-0.3, -0.25) is 0 Å². The fraction of sp³-hybridized carbons (Fsp3) is 0.700. The first-order valence-electron chi connectivity index (χ1n) is 9.08. The maximum Gasteiger partial charge on any atom is 0.115 e. The highest BCUT2D eigenvalue weighted by Gasteiger charge is 2.55. The monoisotopic (exact) mass is 299 g/mol. The molecule has 2 heteroatoms. The minimum Gasteiger partial charge on any atom is -0.508 e. The van der Waals surface area contributed by atoms with Crippen molar-refractivity contribution in [2.75, 3.05) is 0 Å². The quantitative estimate of drug-likeness (QED) is 0.816. The van der Waals surface area contributed by atoms with Crippen molar-refractivity contribution in [3.8, 4) is 5.75 Å². The highest BCUT2D eigenvalue weighted by atomic mass is 16.3. The van der Waals surface area contributed by atoms with E-state index in [2.05, 4.69) is 19.9 Å². The molecule has 4 rings (SSSR count). The number of phenolic OH excluding ortho intramolecular Hbond substituents is 1. The summed E-state index contributed by atoms with van der Waals surface area (Å²) < 4.78 is 0. The van der Waals surface area contributed by atoms with Crippen LogP contribution in [0.3, 0.4) is 0 Å². The fourth-order valence-corrected chi connectivity index (χ4v) is 6.47. The van der Waals surface area contributed by atoms with Gasteiger partial charge in [0.25, 0.3) is 0 Å². The number of aromatic hydroxyl groups is 1. The second kappa shape index (κ2) is 4.99. The first-order valence-corrected chi connectivity index (χ1v) is 9.08. The summed E-state index contributed by atoms with van der Waals surface area (Å²) in [5.74, 6) is 3.54. The molecule has 120 valence electrons. The van der Waals surface area contributed by atoms with E-state index < -0.39 is 0 Å². The predicted molar refractivity (Wildman–Crippen MR) is 89.9 cm³/mol. The van der Waals surface area contributed by atoms with Gasteiger partial charge in [0.05, 0.1) is 0 Å². The maximum absolute atomic E-state index is 9.76. The Hall–Kier alpha value is -1.02. The number of hydrogen-bond acceptors (Lipinski definition) is 2. The number of rotatable bonds is 1. The standard InChI is InChI=1S/C20H29NO/c1-12(21)18-7-8-19-17-5-3-13-11-14(22)4-6-15(13)16(17)9-10-20(18,19)2/h4,6,11-12,16-19,22H,3,5,7-10,21H2,1-2H3/t12-,16+,17+,18+,19+,20-/m1/s1. The summed E-state index contributed by atoms with van der Waals surface area (Å²) in [7, 11) is 0. The van der Waals surface area contributed by atoms with E-state index in [1.54, 1.807) is 0 Å². The fourth-order valence-electron chi connectivity index (χ4n) is 6.47. The van der Waals surface area contributed by atoms with Crippen LogP contribution in [0.1, 0.15) is 63.0 Å². The van der Waals surface area contributed by atoms with Crippen LogP contribution >= 0.6 is 0 Å². The SMILES string of the molecule is C[C@@H](N)[C@@H]1CC[C@H]2[C@H]3CCc4cc(O)ccc4[C@@H]3CC[C@@]21C. The number of hydrogen-bond donors (Lipinski definition) is 2. The summed E-state index contributed by atoms with van der Waals surface area (Å²) in [4.78, 5) is 0. The van der Waals surface area contributed by atoms with Gasteiger partial charge in [0.1, 0.15) is 5.75 Å². The summed E-state index contributed by atoms with van der Waals surface area (Å²) >= 11 is 0. The number of aryl methyl sites for hydroxylation is 1. The van der Waals surface area contributed by atoms with Gasteiger partial charge in [0, 0.05) is 6.04 Å². The van der Waals surface area contributed by atoms with Gasteiger partial charge >= 0.3 is 0 Å². The van der Waals surface area contributed by atoms with Crippen LogP contribution in [0.5, 0.6) is 5.75 Å². The molecule has 1 aromatic carbocycles. The Labute approximate surface area is 134 Å². The van der Waals surface area contributed by atoms with Crippen LogP contribution in [0.15, 0.2) is 18.2 Å². The Morgan fingerprint density at radius 2 is 2.05 bits per heavy atom. The van der Waals surface area contributed by atoms with Gasteiger partial charge in [-0.25, -0.2) is 0 Å². The van der Waals surface area contributed by atoms with Crippen molar-refractivity contribution in [1.29, 1.82) is 0 Å². The van der Waals surface area contributed by atoms with Crippen molar-refractivity contribution in [3.05, 3.63) is 29.3 Å².